The first-order valence-electron chi connectivity index (χ1n) is 9.22. The van der Waals surface area contributed by atoms with Crippen molar-refractivity contribution in [3.8, 4) is 11.5 Å². The van der Waals surface area contributed by atoms with E-state index in [0.717, 1.165) is 4.31 Å². The van der Waals surface area contributed by atoms with E-state index in [1.165, 1.54) is 55.4 Å². The molecular weight excluding hydrogens is 408 g/mol. The van der Waals surface area contributed by atoms with Crippen LogP contribution in [0.15, 0.2) is 68.9 Å². The molecule has 0 aliphatic rings. The average Bonchev–Trinajstić information content (AvgIpc) is 3.27. The van der Waals surface area contributed by atoms with Gasteiger partial charge in [0.15, 0.2) is 5.76 Å². The molecule has 0 fully saturated rings. The molecular formula is C20H22N4O5S. The Kier molecular flexibility index (Phi) is 6.48. The summed E-state index contributed by atoms with van der Waals surface area (Å²) in [5.41, 5.74) is 0.661. The van der Waals surface area contributed by atoms with Crippen LogP contribution in [0.1, 0.15) is 16.8 Å². The first kappa shape index (κ1) is 21.5. The maximum atomic E-state index is 12.3. The van der Waals surface area contributed by atoms with Crippen LogP contribution >= 0.6 is 0 Å². The number of furan rings is 1. The fourth-order valence-corrected chi connectivity index (χ4v) is 3.59. The lowest BCUT2D eigenvalue weighted by molar-refractivity contribution is 0.0952. The summed E-state index contributed by atoms with van der Waals surface area (Å²) in [7, 11) is -0.649. The minimum absolute atomic E-state index is 0.117. The van der Waals surface area contributed by atoms with Crippen molar-refractivity contribution in [2.24, 2.45) is 0 Å². The Morgan fingerprint density at radius 2 is 1.87 bits per heavy atom. The third kappa shape index (κ3) is 4.84. The van der Waals surface area contributed by atoms with Gasteiger partial charge in [-0.15, -0.1) is 0 Å². The van der Waals surface area contributed by atoms with Crippen LogP contribution in [0.4, 0.5) is 0 Å². The Hall–Kier alpha value is -3.24. The van der Waals surface area contributed by atoms with E-state index in [0.29, 0.717) is 36.5 Å². The predicted octanol–water partition coefficient (Wildman–Crippen LogP) is 1.57. The lowest BCUT2D eigenvalue weighted by Crippen LogP contribution is -2.28. The van der Waals surface area contributed by atoms with Gasteiger partial charge in [-0.05, 0) is 48.9 Å². The molecule has 0 unspecified atom stereocenters. The maximum Gasteiger partial charge on any atom is 0.266 e. The van der Waals surface area contributed by atoms with E-state index >= 15 is 0 Å². The molecule has 1 aromatic carbocycles. The number of hydrogen-bond acceptors (Lipinski definition) is 6. The van der Waals surface area contributed by atoms with Gasteiger partial charge in [-0.3, -0.25) is 9.59 Å². The SMILES string of the molecule is CN(C)S(=O)(=O)c1ccc(C(=O)NCCCn2nc(-c3ccco3)ccc2=O)cc1. The van der Waals surface area contributed by atoms with Crippen LogP contribution in [-0.4, -0.2) is 49.1 Å². The number of amides is 1. The number of hydrogen-bond donors (Lipinski definition) is 1. The Balaban J connectivity index is 1.55. The van der Waals surface area contributed by atoms with E-state index in [4.69, 9.17) is 4.42 Å². The van der Waals surface area contributed by atoms with Gasteiger partial charge >= 0.3 is 0 Å². The number of nitrogens with one attached hydrogen (secondary N) is 1. The smallest absolute Gasteiger partial charge is 0.266 e. The number of benzene rings is 1. The first-order chi connectivity index (χ1) is 14.3. The topological polar surface area (TPSA) is 115 Å². The standard InChI is InChI=1S/C20H22N4O5S/c1-23(2)30(27,28)16-8-6-15(7-9-16)20(26)21-12-4-13-24-19(25)11-10-17(22-24)18-5-3-14-29-18/h3,5-11,14H,4,12-13H2,1-2H3,(H,21,26). The molecule has 0 radical (unpaired) electrons. The molecule has 0 aliphatic carbocycles. The molecule has 0 bridgehead atoms. The first-order valence-corrected chi connectivity index (χ1v) is 10.7. The van der Waals surface area contributed by atoms with E-state index in [-0.39, 0.29) is 16.4 Å². The third-order valence-electron chi connectivity index (χ3n) is 4.37. The van der Waals surface area contributed by atoms with Gasteiger partial charge in [0.1, 0.15) is 5.69 Å². The van der Waals surface area contributed by atoms with Crippen LogP contribution in [0, 0.1) is 0 Å². The van der Waals surface area contributed by atoms with Crippen LogP contribution in [0.2, 0.25) is 0 Å². The molecule has 10 heteroatoms. The second-order valence-corrected chi connectivity index (χ2v) is 8.83. The van der Waals surface area contributed by atoms with Crippen LogP contribution < -0.4 is 10.9 Å². The zero-order chi connectivity index (χ0) is 21.7. The number of aryl methyl sites for hydroxylation is 1. The number of nitrogens with zero attached hydrogens (tertiary/aromatic N) is 3. The summed E-state index contributed by atoms with van der Waals surface area (Å²) in [6.07, 6.45) is 2.03. The van der Waals surface area contributed by atoms with Crippen molar-refractivity contribution >= 4 is 15.9 Å². The van der Waals surface area contributed by atoms with Crippen LogP contribution in [0.25, 0.3) is 11.5 Å². The molecule has 3 aromatic rings. The fraction of sp³-hybridized carbons (Fsp3) is 0.250. The van der Waals surface area contributed by atoms with Crippen LogP contribution in [-0.2, 0) is 16.6 Å². The summed E-state index contributed by atoms with van der Waals surface area (Å²) in [5, 5.41) is 7.02. The highest BCUT2D eigenvalue weighted by Crippen LogP contribution is 2.15. The van der Waals surface area contributed by atoms with Gasteiger partial charge in [0, 0.05) is 38.8 Å². The Bertz CT molecular complexity index is 1170. The van der Waals surface area contributed by atoms with Gasteiger partial charge in [-0.1, -0.05) is 0 Å². The van der Waals surface area contributed by atoms with Crippen molar-refractivity contribution < 1.29 is 17.6 Å². The molecule has 1 N–H and O–H groups in total. The summed E-state index contributed by atoms with van der Waals surface area (Å²) < 4.78 is 31.9. The van der Waals surface area contributed by atoms with Gasteiger partial charge in [0.05, 0.1) is 11.2 Å². The molecule has 0 saturated heterocycles. The second-order valence-electron chi connectivity index (χ2n) is 6.68. The number of carbonyl (C=O) groups excluding carboxylic acids is 1. The van der Waals surface area contributed by atoms with E-state index in [2.05, 4.69) is 10.4 Å². The van der Waals surface area contributed by atoms with Gasteiger partial charge in [-0.25, -0.2) is 17.4 Å². The lowest BCUT2D eigenvalue weighted by atomic mass is 10.2. The van der Waals surface area contributed by atoms with Crippen molar-refractivity contribution in [1.29, 1.82) is 0 Å². The maximum absolute atomic E-state index is 12.3. The molecule has 9 nitrogen and oxygen atoms in total. The highest BCUT2D eigenvalue weighted by molar-refractivity contribution is 7.89. The second kappa shape index (κ2) is 9.06. The Morgan fingerprint density at radius 3 is 2.50 bits per heavy atom. The molecule has 3 rings (SSSR count). The number of aromatic nitrogens is 2. The summed E-state index contributed by atoms with van der Waals surface area (Å²) in [6, 6.07) is 12.2. The summed E-state index contributed by atoms with van der Waals surface area (Å²) in [4.78, 5) is 24.4. The number of carbonyl (C=O) groups is 1. The monoisotopic (exact) mass is 430 g/mol. The minimum Gasteiger partial charge on any atom is -0.463 e. The minimum atomic E-state index is -3.54. The van der Waals surface area contributed by atoms with Gasteiger partial charge in [-0.2, -0.15) is 5.10 Å². The molecule has 2 heterocycles. The van der Waals surface area contributed by atoms with Crippen molar-refractivity contribution in [1.82, 2.24) is 19.4 Å². The lowest BCUT2D eigenvalue weighted by Gasteiger charge is -2.11. The Morgan fingerprint density at radius 1 is 1.13 bits per heavy atom. The average molecular weight is 430 g/mol. The normalized spacial score (nSPS) is 11.6. The summed E-state index contributed by atoms with van der Waals surface area (Å²) in [6.45, 7) is 0.656. The number of rotatable bonds is 8. The quantitative estimate of drug-likeness (QED) is 0.543. The zero-order valence-electron chi connectivity index (χ0n) is 16.6. The van der Waals surface area contributed by atoms with Gasteiger partial charge in [0.2, 0.25) is 10.0 Å². The molecule has 158 valence electrons. The Labute approximate surface area is 174 Å². The van der Waals surface area contributed by atoms with E-state index in [1.807, 2.05) is 0 Å². The van der Waals surface area contributed by atoms with Crippen molar-refractivity contribution in [2.45, 2.75) is 17.9 Å². The van der Waals surface area contributed by atoms with Crippen LogP contribution in [0.5, 0.6) is 0 Å². The largest absolute Gasteiger partial charge is 0.463 e. The molecule has 0 atom stereocenters. The van der Waals surface area contributed by atoms with E-state index < -0.39 is 10.0 Å². The van der Waals surface area contributed by atoms with Crippen LogP contribution in [0.3, 0.4) is 0 Å². The summed E-state index contributed by atoms with van der Waals surface area (Å²) >= 11 is 0. The molecule has 1 amide bonds. The molecule has 0 spiro atoms. The number of sulfonamides is 1. The third-order valence-corrected chi connectivity index (χ3v) is 6.20. The molecule has 0 aliphatic heterocycles. The van der Waals surface area contributed by atoms with E-state index in [9.17, 15) is 18.0 Å². The highest BCUT2D eigenvalue weighted by atomic mass is 32.2. The fourth-order valence-electron chi connectivity index (χ4n) is 2.69. The zero-order valence-corrected chi connectivity index (χ0v) is 17.4. The molecule has 2 aromatic heterocycles. The predicted molar refractivity (Wildman–Crippen MR) is 110 cm³/mol. The van der Waals surface area contributed by atoms with Crippen molar-refractivity contribution in [3.63, 3.8) is 0 Å². The molecule has 30 heavy (non-hydrogen) atoms. The van der Waals surface area contributed by atoms with Gasteiger partial charge in [0.25, 0.3) is 11.5 Å². The van der Waals surface area contributed by atoms with Crippen molar-refractivity contribution in [2.75, 3.05) is 20.6 Å². The molecule has 0 saturated carbocycles. The highest BCUT2D eigenvalue weighted by Gasteiger charge is 2.17. The summed E-state index contributed by atoms with van der Waals surface area (Å²) in [5.74, 6) is 0.241. The van der Waals surface area contributed by atoms with Crippen molar-refractivity contribution in [3.05, 3.63) is 70.7 Å². The van der Waals surface area contributed by atoms with Gasteiger partial charge < -0.3 is 9.73 Å². The van der Waals surface area contributed by atoms with E-state index in [1.54, 1.807) is 18.2 Å².